The number of thioether (sulfide) groups is 1. The van der Waals surface area contributed by atoms with Crippen molar-refractivity contribution in [3.63, 3.8) is 0 Å². The summed E-state index contributed by atoms with van der Waals surface area (Å²) in [5.74, 6) is 2.37. The summed E-state index contributed by atoms with van der Waals surface area (Å²) in [6, 6.07) is 7.47. The molecular formula is C17H18N4O2S. The molecule has 2 aromatic heterocycles. The fourth-order valence-electron chi connectivity index (χ4n) is 2.63. The summed E-state index contributed by atoms with van der Waals surface area (Å²) in [7, 11) is 0. The van der Waals surface area contributed by atoms with Crippen molar-refractivity contribution in [2.75, 3.05) is 0 Å². The van der Waals surface area contributed by atoms with Crippen LogP contribution in [0.5, 0.6) is 0 Å². The van der Waals surface area contributed by atoms with Crippen LogP contribution in [-0.4, -0.2) is 19.7 Å². The van der Waals surface area contributed by atoms with Gasteiger partial charge in [0.2, 0.25) is 5.89 Å². The maximum Gasteiger partial charge on any atom is 0.262 e. The zero-order chi connectivity index (χ0) is 16.7. The van der Waals surface area contributed by atoms with Crippen LogP contribution in [0.3, 0.4) is 0 Å². The Hall–Kier alpha value is -2.15. The third kappa shape index (κ3) is 2.84. The van der Waals surface area contributed by atoms with Crippen LogP contribution in [0.1, 0.15) is 50.4 Å². The summed E-state index contributed by atoms with van der Waals surface area (Å²) in [6.07, 6.45) is 2.27. The minimum absolute atomic E-state index is 0.00937. The quantitative estimate of drug-likeness (QED) is 0.522. The van der Waals surface area contributed by atoms with Gasteiger partial charge in [-0.3, -0.25) is 9.36 Å². The lowest BCUT2D eigenvalue weighted by molar-refractivity contribution is 0.375. The second-order valence-electron chi connectivity index (χ2n) is 6.29. The van der Waals surface area contributed by atoms with Gasteiger partial charge in [0.05, 0.1) is 16.7 Å². The first-order chi connectivity index (χ1) is 11.6. The van der Waals surface area contributed by atoms with E-state index in [1.807, 2.05) is 38.1 Å². The molecule has 0 atom stereocenters. The van der Waals surface area contributed by atoms with Gasteiger partial charge in [-0.05, 0) is 38.8 Å². The summed E-state index contributed by atoms with van der Waals surface area (Å²) >= 11 is 1.47. The Morgan fingerprint density at radius 3 is 2.83 bits per heavy atom. The van der Waals surface area contributed by atoms with Gasteiger partial charge >= 0.3 is 0 Å². The summed E-state index contributed by atoms with van der Waals surface area (Å²) in [5, 5.41) is 5.36. The van der Waals surface area contributed by atoms with Gasteiger partial charge in [-0.2, -0.15) is 4.98 Å². The molecule has 24 heavy (non-hydrogen) atoms. The van der Waals surface area contributed by atoms with E-state index in [2.05, 4.69) is 15.1 Å². The average molecular weight is 342 g/mol. The minimum Gasteiger partial charge on any atom is -0.339 e. The van der Waals surface area contributed by atoms with E-state index >= 15 is 0 Å². The van der Waals surface area contributed by atoms with E-state index in [-0.39, 0.29) is 11.6 Å². The fraction of sp³-hybridized carbons (Fsp3) is 0.412. The van der Waals surface area contributed by atoms with Crippen molar-refractivity contribution < 1.29 is 4.52 Å². The van der Waals surface area contributed by atoms with Crippen molar-refractivity contribution in [2.45, 2.75) is 49.6 Å². The number of benzene rings is 1. The zero-order valence-corrected chi connectivity index (χ0v) is 14.4. The number of rotatable bonds is 5. The monoisotopic (exact) mass is 342 g/mol. The Kier molecular flexibility index (Phi) is 3.88. The molecule has 0 saturated heterocycles. The Labute approximate surface area is 143 Å². The number of hydrogen-bond acceptors (Lipinski definition) is 6. The largest absolute Gasteiger partial charge is 0.339 e. The van der Waals surface area contributed by atoms with Gasteiger partial charge in [-0.1, -0.05) is 29.1 Å². The van der Waals surface area contributed by atoms with E-state index in [0.29, 0.717) is 33.6 Å². The minimum atomic E-state index is -0.00937. The molecule has 1 aromatic carbocycles. The molecule has 7 heteroatoms. The van der Waals surface area contributed by atoms with Crippen LogP contribution in [0.25, 0.3) is 10.9 Å². The Morgan fingerprint density at radius 2 is 2.08 bits per heavy atom. The molecule has 1 saturated carbocycles. The first-order valence-electron chi connectivity index (χ1n) is 8.10. The van der Waals surface area contributed by atoms with Gasteiger partial charge in [0.25, 0.3) is 5.56 Å². The SMILES string of the molecule is CC(C)n1c(SCc2noc(C3CC3)n2)nc2ccccc2c1=O. The van der Waals surface area contributed by atoms with E-state index in [9.17, 15) is 4.79 Å². The molecule has 0 amide bonds. The van der Waals surface area contributed by atoms with E-state index < -0.39 is 0 Å². The molecule has 2 heterocycles. The number of aromatic nitrogens is 4. The third-order valence-electron chi connectivity index (χ3n) is 4.03. The van der Waals surface area contributed by atoms with Gasteiger partial charge in [0, 0.05) is 12.0 Å². The number of fused-ring (bicyclic) bond motifs is 1. The molecular weight excluding hydrogens is 324 g/mol. The lowest BCUT2D eigenvalue weighted by atomic mass is 10.2. The highest BCUT2D eigenvalue weighted by Crippen LogP contribution is 2.39. The van der Waals surface area contributed by atoms with Crippen LogP contribution >= 0.6 is 11.8 Å². The number of hydrogen-bond donors (Lipinski definition) is 0. The molecule has 0 spiro atoms. The molecule has 4 rings (SSSR count). The fourth-order valence-corrected chi connectivity index (χ4v) is 3.61. The molecule has 1 aliphatic carbocycles. The topological polar surface area (TPSA) is 73.8 Å². The molecule has 1 aliphatic rings. The zero-order valence-electron chi connectivity index (χ0n) is 13.6. The second-order valence-corrected chi connectivity index (χ2v) is 7.23. The van der Waals surface area contributed by atoms with Gasteiger partial charge < -0.3 is 4.52 Å². The van der Waals surface area contributed by atoms with Gasteiger partial charge in [0.15, 0.2) is 11.0 Å². The molecule has 1 fully saturated rings. The van der Waals surface area contributed by atoms with Crippen molar-refractivity contribution in [3.05, 3.63) is 46.3 Å². The predicted octanol–water partition coefficient (Wildman–Crippen LogP) is 3.53. The third-order valence-corrected chi connectivity index (χ3v) is 4.98. The van der Waals surface area contributed by atoms with Crippen molar-refractivity contribution >= 4 is 22.7 Å². The number of nitrogens with zero attached hydrogens (tertiary/aromatic N) is 4. The molecule has 3 aromatic rings. The Balaban J connectivity index is 1.66. The maximum absolute atomic E-state index is 12.8. The van der Waals surface area contributed by atoms with E-state index in [0.717, 1.165) is 18.7 Å². The molecule has 6 nitrogen and oxygen atoms in total. The maximum atomic E-state index is 12.8. The second kappa shape index (κ2) is 6.05. The normalized spacial score (nSPS) is 14.6. The van der Waals surface area contributed by atoms with Crippen LogP contribution < -0.4 is 5.56 Å². The number of para-hydroxylation sites is 1. The standard InChI is InChI=1S/C17H18N4O2S/c1-10(2)21-16(22)12-5-3-4-6-13(12)18-17(21)24-9-14-19-15(23-20-14)11-7-8-11/h3-6,10-11H,7-9H2,1-2H3. The lowest BCUT2D eigenvalue weighted by Gasteiger charge is -2.15. The van der Waals surface area contributed by atoms with Crippen molar-refractivity contribution in [3.8, 4) is 0 Å². The first-order valence-corrected chi connectivity index (χ1v) is 9.08. The van der Waals surface area contributed by atoms with Crippen LogP contribution in [0.15, 0.2) is 38.7 Å². The molecule has 0 aliphatic heterocycles. The van der Waals surface area contributed by atoms with E-state index in [1.165, 1.54) is 11.8 Å². The highest BCUT2D eigenvalue weighted by atomic mass is 32.2. The average Bonchev–Trinajstić information content (AvgIpc) is 3.31. The van der Waals surface area contributed by atoms with Gasteiger partial charge in [-0.15, -0.1) is 0 Å². The molecule has 0 radical (unpaired) electrons. The summed E-state index contributed by atoms with van der Waals surface area (Å²) in [5.41, 5.74) is 0.707. The van der Waals surface area contributed by atoms with Crippen molar-refractivity contribution in [2.24, 2.45) is 0 Å². The van der Waals surface area contributed by atoms with Crippen molar-refractivity contribution in [1.82, 2.24) is 19.7 Å². The lowest BCUT2D eigenvalue weighted by Crippen LogP contribution is -2.25. The van der Waals surface area contributed by atoms with Crippen LogP contribution in [0.2, 0.25) is 0 Å². The van der Waals surface area contributed by atoms with E-state index in [4.69, 9.17) is 4.52 Å². The van der Waals surface area contributed by atoms with Crippen LogP contribution in [0, 0.1) is 0 Å². The molecule has 124 valence electrons. The summed E-state index contributed by atoms with van der Waals surface area (Å²) < 4.78 is 7.02. The van der Waals surface area contributed by atoms with Gasteiger partial charge in [0.1, 0.15) is 0 Å². The predicted molar refractivity (Wildman–Crippen MR) is 92.2 cm³/mol. The highest BCUT2D eigenvalue weighted by Gasteiger charge is 2.29. The van der Waals surface area contributed by atoms with Crippen molar-refractivity contribution in [1.29, 1.82) is 0 Å². The van der Waals surface area contributed by atoms with Crippen LogP contribution in [0.4, 0.5) is 0 Å². The molecule has 0 unspecified atom stereocenters. The summed E-state index contributed by atoms with van der Waals surface area (Å²) in [6.45, 7) is 3.98. The van der Waals surface area contributed by atoms with E-state index in [1.54, 1.807) is 4.57 Å². The Morgan fingerprint density at radius 1 is 1.29 bits per heavy atom. The van der Waals surface area contributed by atoms with Crippen LogP contribution in [-0.2, 0) is 5.75 Å². The summed E-state index contributed by atoms with van der Waals surface area (Å²) in [4.78, 5) is 21.9. The molecule has 0 N–H and O–H groups in total. The highest BCUT2D eigenvalue weighted by molar-refractivity contribution is 7.98. The van der Waals surface area contributed by atoms with Gasteiger partial charge in [-0.25, -0.2) is 4.98 Å². The first kappa shape index (κ1) is 15.4. The smallest absolute Gasteiger partial charge is 0.262 e. The molecule has 0 bridgehead atoms. The Bertz CT molecular complexity index is 943.